The Bertz CT molecular complexity index is 1010. The molecular weight excluding hydrogens is 384 g/mol. The number of methoxy groups -OCH3 is 2. The van der Waals surface area contributed by atoms with E-state index in [4.69, 9.17) is 25.5 Å². The fraction of sp³-hybridized carbons (Fsp3) is 0.200. The number of nitrogens with one attached hydrogen (secondary N) is 1. The van der Waals surface area contributed by atoms with E-state index in [0.717, 1.165) is 0 Å². The summed E-state index contributed by atoms with van der Waals surface area (Å²) in [5.74, 6) is 0.365. The first-order valence-corrected chi connectivity index (χ1v) is 8.79. The van der Waals surface area contributed by atoms with E-state index in [1.807, 2.05) is 29.1 Å². The van der Waals surface area contributed by atoms with Crippen LogP contribution in [0.5, 0.6) is 5.75 Å². The number of nitrogens with zero attached hydrogens (tertiary/aromatic N) is 1. The van der Waals surface area contributed by atoms with Crippen molar-refractivity contribution in [3.05, 3.63) is 70.4 Å². The molecule has 0 spiro atoms. The van der Waals surface area contributed by atoms with Gasteiger partial charge >= 0.3 is 5.97 Å². The molecule has 0 saturated carbocycles. The third kappa shape index (κ3) is 3.89. The molecule has 0 bridgehead atoms. The summed E-state index contributed by atoms with van der Waals surface area (Å²) >= 11 is 6.36. The molecule has 0 aliphatic heterocycles. The summed E-state index contributed by atoms with van der Waals surface area (Å²) in [6, 6.07) is 8.54. The number of hydrogen-bond donors (Lipinski definition) is 1. The molecule has 7 nitrogen and oxygen atoms in total. The van der Waals surface area contributed by atoms with Crippen LogP contribution in [0, 0.1) is 6.92 Å². The Morgan fingerprint density at radius 3 is 2.50 bits per heavy atom. The van der Waals surface area contributed by atoms with Crippen LogP contribution in [0.4, 0.5) is 0 Å². The van der Waals surface area contributed by atoms with Gasteiger partial charge in [-0.05, 0) is 31.2 Å². The highest BCUT2D eigenvalue weighted by Gasteiger charge is 2.19. The molecule has 2 heterocycles. The number of aromatic nitrogens is 1. The van der Waals surface area contributed by atoms with E-state index in [1.165, 1.54) is 14.2 Å². The SMILES string of the molecule is COC(=O)c1cc(CNC(=O)c2cc(Cl)c(-n3cccc3)cc2OC)oc1C. The summed E-state index contributed by atoms with van der Waals surface area (Å²) in [5.41, 5.74) is 1.31. The summed E-state index contributed by atoms with van der Waals surface area (Å²) in [6.07, 6.45) is 3.69. The molecule has 1 N–H and O–H groups in total. The predicted octanol–water partition coefficient (Wildman–Crippen LogP) is 3.76. The second-order valence-electron chi connectivity index (χ2n) is 5.95. The van der Waals surface area contributed by atoms with Crippen LogP contribution < -0.4 is 10.1 Å². The van der Waals surface area contributed by atoms with E-state index in [0.29, 0.717) is 39.1 Å². The number of aryl methyl sites for hydroxylation is 1. The Kier molecular flexibility index (Phi) is 5.75. The van der Waals surface area contributed by atoms with E-state index < -0.39 is 5.97 Å². The monoisotopic (exact) mass is 402 g/mol. The zero-order valence-electron chi connectivity index (χ0n) is 15.6. The third-order valence-electron chi connectivity index (χ3n) is 4.19. The molecule has 1 amide bonds. The standard InChI is InChI=1S/C20H19ClN2O5/c1-12-14(20(25)27-3)8-13(28-12)11-22-19(24)15-9-16(21)17(10-18(15)26-2)23-6-4-5-7-23/h4-10H,11H2,1-3H3,(H,22,24). The van der Waals surface area contributed by atoms with Crippen molar-refractivity contribution in [1.82, 2.24) is 9.88 Å². The van der Waals surface area contributed by atoms with Gasteiger partial charge < -0.3 is 23.8 Å². The van der Waals surface area contributed by atoms with Gasteiger partial charge in [-0.2, -0.15) is 0 Å². The normalized spacial score (nSPS) is 10.6. The lowest BCUT2D eigenvalue weighted by Crippen LogP contribution is -2.23. The number of carbonyl (C=O) groups is 2. The molecule has 0 aliphatic carbocycles. The van der Waals surface area contributed by atoms with Gasteiger partial charge in [0, 0.05) is 18.5 Å². The van der Waals surface area contributed by atoms with Gasteiger partial charge in [-0.25, -0.2) is 4.79 Å². The number of halogens is 1. The average molecular weight is 403 g/mol. The molecule has 0 fully saturated rings. The largest absolute Gasteiger partial charge is 0.496 e. The summed E-state index contributed by atoms with van der Waals surface area (Å²) < 4.78 is 17.4. The Hall–Kier alpha value is -3.19. The van der Waals surface area contributed by atoms with Crippen LogP contribution >= 0.6 is 11.6 Å². The van der Waals surface area contributed by atoms with Crippen molar-refractivity contribution < 1.29 is 23.5 Å². The molecule has 1 aromatic carbocycles. The number of esters is 1. The zero-order valence-corrected chi connectivity index (χ0v) is 16.4. The highest BCUT2D eigenvalue weighted by atomic mass is 35.5. The lowest BCUT2D eigenvalue weighted by Gasteiger charge is -2.13. The van der Waals surface area contributed by atoms with E-state index in [2.05, 4.69) is 5.32 Å². The van der Waals surface area contributed by atoms with Gasteiger partial charge in [-0.15, -0.1) is 0 Å². The number of benzene rings is 1. The zero-order chi connectivity index (χ0) is 20.3. The maximum atomic E-state index is 12.6. The van der Waals surface area contributed by atoms with Gasteiger partial charge in [-0.1, -0.05) is 11.6 Å². The average Bonchev–Trinajstić information content (AvgIpc) is 3.35. The van der Waals surface area contributed by atoms with Crippen molar-refractivity contribution in [2.75, 3.05) is 14.2 Å². The highest BCUT2D eigenvalue weighted by molar-refractivity contribution is 6.33. The van der Waals surface area contributed by atoms with E-state index >= 15 is 0 Å². The quantitative estimate of drug-likeness (QED) is 0.635. The van der Waals surface area contributed by atoms with Crippen molar-refractivity contribution in [3.8, 4) is 11.4 Å². The van der Waals surface area contributed by atoms with Crippen molar-refractivity contribution in [3.63, 3.8) is 0 Å². The molecule has 2 aromatic heterocycles. The second-order valence-corrected chi connectivity index (χ2v) is 6.36. The summed E-state index contributed by atoms with van der Waals surface area (Å²) in [5, 5.41) is 3.15. The number of furan rings is 1. The number of ether oxygens (including phenoxy) is 2. The van der Waals surface area contributed by atoms with Gasteiger partial charge in [0.05, 0.1) is 37.0 Å². The van der Waals surface area contributed by atoms with Gasteiger partial charge in [0.2, 0.25) is 0 Å². The minimum absolute atomic E-state index is 0.0940. The highest BCUT2D eigenvalue weighted by Crippen LogP contribution is 2.30. The van der Waals surface area contributed by atoms with Crippen LogP contribution in [0.1, 0.15) is 32.2 Å². The van der Waals surface area contributed by atoms with Crippen LogP contribution in [-0.2, 0) is 11.3 Å². The second kappa shape index (κ2) is 8.22. The topological polar surface area (TPSA) is 82.7 Å². The van der Waals surface area contributed by atoms with E-state index in [9.17, 15) is 9.59 Å². The van der Waals surface area contributed by atoms with Crippen LogP contribution in [0.3, 0.4) is 0 Å². The van der Waals surface area contributed by atoms with E-state index in [1.54, 1.807) is 25.1 Å². The van der Waals surface area contributed by atoms with Crippen LogP contribution in [0.25, 0.3) is 5.69 Å². The molecule has 0 aliphatic rings. The van der Waals surface area contributed by atoms with Gasteiger partial charge in [0.1, 0.15) is 22.8 Å². The molecule has 0 radical (unpaired) electrons. The Morgan fingerprint density at radius 2 is 1.86 bits per heavy atom. The van der Waals surface area contributed by atoms with Gasteiger partial charge in [0.25, 0.3) is 5.91 Å². The maximum absolute atomic E-state index is 12.6. The third-order valence-corrected chi connectivity index (χ3v) is 4.50. The molecular formula is C20H19ClN2O5. The van der Waals surface area contributed by atoms with Crippen molar-refractivity contribution in [2.45, 2.75) is 13.5 Å². The fourth-order valence-corrected chi connectivity index (χ4v) is 3.05. The summed E-state index contributed by atoms with van der Waals surface area (Å²) in [7, 11) is 2.78. The summed E-state index contributed by atoms with van der Waals surface area (Å²) in [4.78, 5) is 24.3. The lowest BCUT2D eigenvalue weighted by atomic mass is 10.1. The van der Waals surface area contributed by atoms with Gasteiger partial charge in [-0.3, -0.25) is 4.79 Å². The molecule has 0 saturated heterocycles. The van der Waals surface area contributed by atoms with Crippen LogP contribution in [0.15, 0.2) is 47.1 Å². The first kappa shape index (κ1) is 19.6. The molecule has 8 heteroatoms. The first-order valence-electron chi connectivity index (χ1n) is 8.41. The lowest BCUT2D eigenvalue weighted by molar-refractivity contribution is 0.0598. The first-order chi connectivity index (χ1) is 13.4. The van der Waals surface area contributed by atoms with Crippen molar-refractivity contribution in [2.24, 2.45) is 0 Å². The molecule has 0 atom stereocenters. The molecule has 28 heavy (non-hydrogen) atoms. The molecule has 3 aromatic rings. The molecule has 0 unspecified atom stereocenters. The fourth-order valence-electron chi connectivity index (χ4n) is 2.79. The van der Waals surface area contributed by atoms with E-state index in [-0.39, 0.29) is 12.5 Å². The number of rotatable bonds is 6. The van der Waals surface area contributed by atoms with Crippen LogP contribution in [-0.4, -0.2) is 30.7 Å². The van der Waals surface area contributed by atoms with Crippen molar-refractivity contribution in [1.29, 1.82) is 0 Å². The van der Waals surface area contributed by atoms with Crippen molar-refractivity contribution >= 4 is 23.5 Å². The molecule has 3 rings (SSSR count). The summed E-state index contributed by atoms with van der Waals surface area (Å²) in [6.45, 7) is 1.75. The Morgan fingerprint density at radius 1 is 1.14 bits per heavy atom. The Labute approximate surface area is 166 Å². The number of amides is 1. The number of carbonyl (C=O) groups excluding carboxylic acids is 2. The predicted molar refractivity (Wildman–Crippen MR) is 103 cm³/mol. The maximum Gasteiger partial charge on any atom is 0.341 e. The van der Waals surface area contributed by atoms with Crippen LogP contribution in [0.2, 0.25) is 5.02 Å². The smallest absolute Gasteiger partial charge is 0.341 e. The molecule has 146 valence electrons. The Balaban J connectivity index is 1.79. The number of hydrogen-bond acceptors (Lipinski definition) is 5. The van der Waals surface area contributed by atoms with Gasteiger partial charge in [0.15, 0.2) is 0 Å². The minimum atomic E-state index is -0.493. The minimum Gasteiger partial charge on any atom is -0.496 e.